The van der Waals surface area contributed by atoms with Crippen LogP contribution in [0.1, 0.15) is 44.2 Å². The lowest BCUT2D eigenvalue weighted by Gasteiger charge is -2.24. The Hall–Kier alpha value is -1.80. The van der Waals surface area contributed by atoms with Gasteiger partial charge in [-0.25, -0.2) is 4.98 Å². The summed E-state index contributed by atoms with van der Waals surface area (Å²) < 4.78 is 0. The number of anilines is 1. The number of carbonyl (C=O) groups excluding carboxylic acids is 1. The maximum atomic E-state index is 11.8. The Morgan fingerprint density at radius 3 is 2.80 bits per heavy atom. The summed E-state index contributed by atoms with van der Waals surface area (Å²) in [6.07, 6.45) is 2.24. The van der Waals surface area contributed by atoms with Gasteiger partial charge in [-0.1, -0.05) is 24.9 Å². The van der Waals surface area contributed by atoms with E-state index in [4.69, 9.17) is 11.6 Å². The topological polar surface area (TPSA) is 69.0 Å². The Balaban J connectivity index is 3.01. The normalized spacial score (nSPS) is 9.95. The van der Waals surface area contributed by atoms with Crippen molar-refractivity contribution in [2.75, 3.05) is 11.6 Å². The number of aryl methyl sites for hydroxylation is 1. The molecule has 0 fully saturated rings. The lowest BCUT2D eigenvalue weighted by atomic mass is 10.1. The smallest absolute Gasteiger partial charge is 0.238 e. The molecule has 0 atom stereocenters. The number of unbranched alkanes of at least 4 members (excludes halogenated alkanes) is 1. The third-order valence-corrected chi connectivity index (χ3v) is 3.06. The zero-order valence-electron chi connectivity index (χ0n) is 12.0. The van der Waals surface area contributed by atoms with E-state index >= 15 is 0 Å². The summed E-state index contributed by atoms with van der Waals surface area (Å²) in [6, 6.07) is 3.74. The molecule has 1 N–H and O–H groups in total. The van der Waals surface area contributed by atoms with Crippen LogP contribution in [0.3, 0.4) is 0 Å². The van der Waals surface area contributed by atoms with E-state index in [1.165, 1.54) is 0 Å². The fourth-order valence-corrected chi connectivity index (χ4v) is 2.02. The number of rotatable bonds is 6. The number of pyridine rings is 1. The zero-order chi connectivity index (χ0) is 15.1. The van der Waals surface area contributed by atoms with Crippen molar-refractivity contribution in [3.63, 3.8) is 0 Å². The van der Waals surface area contributed by atoms with Gasteiger partial charge in [0.05, 0.1) is 5.56 Å². The molecule has 1 rings (SSSR count). The van der Waals surface area contributed by atoms with E-state index in [0.717, 1.165) is 18.4 Å². The minimum absolute atomic E-state index is 0.0861. The van der Waals surface area contributed by atoms with Gasteiger partial charge >= 0.3 is 0 Å². The highest BCUT2D eigenvalue weighted by atomic mass is 35.5. The van der Waals surface area contributed by atoms with Crippen molar-refractivity contribution in [2.24, 2.45) is 0 Å². The number of hydrogen-bond acceptors (Lipinski definition) is 4. The molecule has 1 amide bonds. The third kappa shape index (κ3) is 4.10. The van der Waals surface area contributed by atoms with Gasteiger partial charge in [-0.3, -0.25) is 15.2 Å². The number of halogens is 1. The molecular formula is C14H19ClN4O. The summed E-state index contributed by atoms with van der Waals surface area (Å²) in [6.45, 7) is 6.20. The van der Waals surface area contributed by atoms with Crippen LogP contribution in [0.2, 0.25) is 5.15 Å². The molecule has 20 heavy (non-hydrogen) atoms. The summed E-state index contributed by atoms with van der Waals surface area (Å²) in [5.74, 6) is 0.307. The van der Waals surface area contributed by atoms with E-state index in [2.05, 4.69) is 16.5 Å². The van der Waals surface area contributed by atoms with Crippen LogP contribution in [0.4, 0.5) is 5.82 Å². The number of amides is 1. The molecule has 0 bridgehead atoms. The van der Waals surface area contributed by atoms with Gasteiger partial charge in [0.25, 0.3) is 0 Å². The highest BCUT2D eigenvalue weighted by molar-refractivity contribution is 6.29. The number of carbonyl (C=O) groups is 1. The Bertz CT molecular complexity index is 525. The SMILES string of the molecule is CCCCC(=O)NN(CC)c1nc(Cl)cc(C)c1C#N. The second-order valence-corrected chi connectivity index (χ2v) is 4.84. The maximum absolute atomic E-state index is 11.8. The molecule has 6 heteroatoms. The Kier molecular flexibility index (Phi) is 6.26. The number of nitrogens with zero attached hydrogens (tertiary/aromatic N) is 3. The van der Waals surface area contributed by atoms with Gasteiger partial charge in [-0.15, -0.1) is 0 Å². The number of hydrogen-bond donors (Lipinski definition) is 1. The molecule has 0 aliphatic heterocycles. The summed E-state index contributed by atoms with van der Waals surface area (Å²) in [4.78, 5) is 16.0. The molecule has 0 saturated heterocycles. The molecule has 0 saturated carbocycles. The van der Waals surface area contributed by atoms with E-state index in [1.807, 2.05) is 13.8 Å². The Morgan fingerprint density at radius 1 is 1.55 bits per heavy atom. The lowest BCUT2D eigenvalue weighted by Crippen LogP contribution is -2.43. The largest absolute Gasteiger partial charge is 0.273 e. The zero-order valence-corrected chi connectivity index (χ0v) is 12.8. The molecule has 5 nitrogen and oxygen atoms in total. The molecule has 0 unspecified atom stereocenters. The first-order chi connectivity index (χ1) is 9.53. The van der Waals surface area contributed by atoms with Crippen molar-refractivity contribution >= 4 is 23.3 Å². The van der Waals surface area contributed by atoms with Crippen LogP contribution in [-0.2, 0) is 4.79 Å². The minimum Gasteiger partial charge on any atom is -0.273 e. The molecule has 1 heterocycles. The predicted octanol–water partition coefficient (Wildman–Crippen LogP) is 2.96. The number of nitriles is 1. The number of hydrazine groups is 1. The van der Waals surface area contributed by atoms with Crippen LogP contribution in [-0.4, -0.2) is 17.4 Å². The van der Waals surface area contributed by atoms with E-state index in [9.17, 15) is 10.1 Å². The summed E-state index contributed by atoms with van der Waals surface area (Å²) in [7, 11) is 0. The molecular weight excluding hydrogens is 276 g/mol. The molecule has 0 aliphatic carbocycles. The van der Waals surface area contributed by atoms with Crippen molar-refractivity contribution in [1.82, 2.24) is 10.4 Å². The van der Waals surface area contributed by atoms with Crippen molar-refractivity contribution < 1.29 is 4.79 Å². The first-order valence-corrected chi connectivity index (χ1v) is 7.05. The van der Waals surface area contributed by atoms with Crippen molar-refractivity contribution in [3.05, 3.63) is 22.3 Å². The summed E-state index contributed by atoms with van der Waals surface area (Å²) in [5.41, 5.74) is 3.93. The average molecular weight is 295 g/mol. The fraction of sp³-hybridized carbons (Fsp3) is 0.500. The fourth-order valence-electron chi connectivity index (χ4n) is 1.78. The van der Waals surface area contributed by atoms with Crippen molar-refractivity contribution in [3.8, 4) is 6.07 Å². The molecule has 0 aliphatic rings. The van der Waals surface area contributed by atoms with E-state index in [1.54, 1.807) is 18.0 Å². The van der Waals surface area contributed by atoms with Gasteiger partial charge in [-0.2, -0.15) is 5.26 Å². The van der Waals surface area contributed by atoms with Crippen LogP contribution in [0.5, 0.6) is 0 Å². The van der Waals surface area contributed by atoms with Gasteiger partial charge in [0.1, 0.15) is 11.2 Å². The second-order valence-electron chi connectivity index (χ2n) is 4.46. The van der Waals surface area contributed by atoms with Crippen LogP contribution < -0.4 is 10.4 Å². The highest BCUT2D eigenvalue weighted by Gasteiger charge is 2.17. The summed E-state index contributed by atoms with van der Waals surface area (Å²) in [5, 5.41) is 11.1. The molecule has 108 valence electrons. The van der Waals surface area contributed by atoms with E-state index in [-0.39, 0.29) is 5.91 Å². The minimum atomic E-state index is -0.0861. The third-order valence-electron chi connectivity index (χ3n) is 2.87. The molecule has 0 spiro atoms. The molecule has 1 aromatic rings. The Labute approximate surface area is 124 Å². The molecule has 0 aromatic carbocycles. The summed E-state index contributed by atoms with van der Waals surface area (Å²) >= 11 is 5.94. The van der Waals surface area contributed by atoms with Gasteiger partial charge in [0, 0.05) is 13.0 Å². The molecule has 1 aromatic heterocycles. The second kappa shape index (κ2) is 7.71. The van der Waals surface area contributed by atoms with Gasteiger partial charge in [0.15, 0.2) is 5.82 Å². The highest BCUT2D eigenvalue weighted by Crippen LogP contribution is 2.23. The van der Waals surface area contributed by atoms with Gasteiger partial charge < -0.3 is 0 Å². The first-order valence-electron chi connectivity index (χ1n) is 6.67. The van der Waals surface area contributed by atoms with E-state index in [0.29, 0.717) is 29.5 Å². The Morgan fingerprint density at radius 2 is 2.25 bits per heavy atom. The molecule has 0 radical (unpaired) electrons. The van der Waals surface area contributed by atoms with Crippen LogP contribution in [0, 0.1) is 18.3 Å². The lowest BCUT2D eigenvalue weighted by molar-refractivity contribution is -0.121. The van der Waals surface area contributed by atoms with Crippen molar-refractivity contribution in [1.29, 1.82) is 5.26 Å². The average Bonchev–Trinajstić information content (AvgIpc) is 2.41. The quantitative estimate of drug-likeness (QED) is 0.647. The van der Waals surface area contributed by atoms with Gasteiger partial charge in [-0.05, 0) is 31.9 Å². The monoisotopic (exact) mass is 294 g/mol. The predicted molar refractivity (Wildman–Crippen MR) is 79.4 cm³/mol. The first kappa shape index (κ1) is 16.3. The van der Waals surface area contributed by atoms with E-state index < -0.39 is 0 Å². The van der Waals surface area contributed by atoms with Crippen LogP contribution in [0.25, 0.3) is 0 Å². The van der Waals surface area contributed by atoms with Gasteiger partial charge in [0.2, 0.25) is 5.91 Å². The number of nitrogens with one attached hydrogen (secondary N) is 1. The van der Waals surface area contributed by atoms with Crippen molar-refractivity contribution in [2.45, 2.75) is 40.0 Å². The maximum Gasteiger partial charge on any atom is 0.238 e. The number of aromatic nitrogens is 1. The van der Waals surface area contributed by atoms with Crippen LogP contribution >= 0.6 is 11.6 Å². The standard InChI is InChI=1S/C14H19ClN4O/c1-4-6-7-13(20)18-19(5-2)14-11(9-16)10(3)8-12(15)17-14/h8H,4-7H2,1-3H3,(H,18,20). The van der Waals surface area contributed by atoms with Crippen LogP contribution in [0.15, 0.2) is 6.07 Å².